The number of hydrogen-bond acceptors (Lipinski definition) is 3. The fourth-order valence-electron chi connectivity index (χ4n) is 2.32. The Hall–Kier alpha value is -2.54. The van der Waals surface area contributed by atoms with Gasteiger partial charge in [0.2, 0.25) is 5.91 Å². The maximum Gasteiger partial charge on any atom is 0.305 e. The van der Waals surface area contributed by atoms with Crippen molar-refractivity contribution in [1.82, 2.24) is 15.2 Å². The molecule has 0 aliphatic rings. The SMILES string of the molecule is C[C@H](NC(=O)c1cc2cc(Cl)ccc2n1C)C(=O)NCCC(=O)O. The zero-order valence-corrected chi connectivity index (χ0v) is 14.1. The lowest BCUT2D eigenvalue weighted by atomic mass is 10.2. The Morgan fingerprint density at radius 2 is 2.00 bits per heavy atom. The molecule has 7 nitrogen and oxygen atoms in total. The molecule has 2 aromatic rings. The molecule has 0 spiro atoms. The number of aliphatic carboxylic acids is 1. The predicted molar refractivity (Wildman–Crippen MR) is 90.1 cm³/mol. The normalized spacial score (nSPS) is 12.0. The molecule has 3 N–H and O–H groups in total. The van der Waals surface area contributed by atoms with Crippen LogP contribution in [0.4, 0.5) is 0 Å². The highest BCUT2D eigenvalue weighted by Gasteiger charge is 2.19. The number of nitrogens with zero attached hydrogens (tertiary/aromatic N) is 1. The van der Waals surface area contributed by atoms with Crippen LogP contribution < -0.4 is 10.6 Å². The number of benzene rings is 1. The second-order valence-electron chi connectivity index (χ2n) is 5.42. The second-order valence-corrected chi connectivity index (χ2v) is 5.86. The minimum atomic E-state index is -0.999. The van der Waals surface area contributed by atoms with Gasteiger partial charge in [-0.15, -0.1) is 0 Å². The zero-order chi connectivity index (χ0) is 17.9. The van der Waals surface area contributed by atoms with E-state index in [2.05, 4.69) is 10.6 Å². The fourth-order valence-corrected chi connectivity index (χ4v) is 2.50. The smallest absolute Gasteiger partial charge is 0.305 e. The van der Waals surface area contributed by atoms with E-state index < -0.39 is 23.8 Å². The average molecular weight is 352 g/mol. The molecule has 0 aliphatic heterocycles. The number of carboxylic acid groups (broad SMARTS) is 1. The maximum absolute atomic E-state index is 12.4. The molecule has 24 heavy (non-hydrogen) atoms. The Morgan fingerprint density at radius 3 is 2.67 bits per heavy atom. The fraction of sp³-hybridized carbons (Fsp3) is 0.312. The molecule has 128 valence electrons. The van der Waals surface area contributed by atoms with Crippen molar-refractivity contribution in [2.45, 2.75) is 19.4 Å². The molecule has 1 atom stereocenters. The number of aromatic nitrogens is 1. The first-order valence-electron chi connectivity index (χ1n) is 7.35. The van der Waals surface area contributed by atoms with E-state index in [9.17, 15) is 14.4 Å². The topological polar surface area (TPSA) is 100 Å². The molecular weight excluding hydrogens is 334 g/mol. The van der Waals surface area contributed by atoms with Gasteiger partial charge in [-0.3, -0.25) is 14.4 Å². The van der Waals surface area contributed by atoms with Crippen LogP contribution in [0.5, 0.6) is 0 Å². The first-order chi connectivity index (χ1) is 11.3. The summed E-state index contributed by atoms with van der Waals surface area (Å²) in [5.41, 5.74) is 1.25. The van der Waals surface area contributed by atoms with Crippen molar-refractivity contribution in [2.24, 2.45) is 7.05 Å². The standard InChI is InChI=1S/C16H18ClN3O4/c1-9(15(23)18-6-5-14(21)22)19-16(24)13-8-10-7-11(17)3-4-12(10)20(13)2/h3-4,7-9H,5-6H2,1-2H3,(H,18,23)(H,19,24)(H,21,22)/t9-/m0/s1. The van der Waals surface area contributed by atoms with Crippen molar-refractivity contribution in [3.8, 4) is 0 Å². The highest BCUT2D eigenvalue weighted by Crippen LogP contribution is 2.22. The van der Waals surface area contributed by atoms with Gasteiger partial charge in [0.1, 0.15) is 11.7 Å². The summed E-state index contributed by atoms with van der Waals surface area (Å²) >= 11 is 5.95. The molecule has 0 radical (unpaired) electrons. The molecule has 0 aliphatic carbocycles. The summed E-state index contributed by atoms with van der Waals surface area (Å²) in [7, 11) is 1.75. The molecule has 0 fully saturated rings. The molecular formula is C16H18ClN3O4. The number of carbonyl (C=O) groups is 3. The van der Waals surface area contributed by atoms with Crippen LogP contribution in [0.2, 0.25) is 5.02 Å². The molecule has 0 saturated carbocycles. The minimum absolute atomic E-state index is 0.0148. The number of aryl methyl sites for hydroxylation is 1. The van der Waals surface area contributed by atoms with Crippen molar-refractivity contribution < 1.29 is 19.5 Å². The third-order valence-corrected chi connectivity index (χ3v) is 3.85. The number of hydrogen-bond donors (Lipinski definition) is 3. The lowest BCUT2D eigenvalue weighted by Crippen LogP contribution is -2.45. The van der Waals surface area contributed by atoms with Gasteiger partial charge in [-0.25, -0.2) is 0 Å². The van der Waals surface area contributed by atoms with E-state index in [0.717, 1.165) is 10.9 Å². The van der Waals surface area contributed by atoms with E-state index in [1.807, 2.05) is 6.07 Å². The molecule has 0 saturated heterocycles. The predicted octanol–water partition coefficient (Wildman–Crippen LogP) is 1.54. The molecule has 1 aromatic carbocycles. The van der Waals surface area contributed by atoms with E-state index >= 15 is 0 Å². The van der Waals surface area contributed by atoms with Crippen LogP contribution in [-0.2, 0) is 16.6 Å². The summed E-state index contributed by atoms with van der Waals surface area (Å²) in [6.45, 7) is 1.55. The zero-order valence-electron chi connectivity index (χ0n) is 13.3. The Morgan fingerprint density at radius 1 is 1.29 bits per heavy atom. The molecule has 1 aromatic heterocycles. The Balaban J connectivity index is 2.05. The first-order valence-corrected chi connectivity index (χ1v) is 7.72. The third kappa shape index (κ3) is 4.05. The number of amides is 2. The van der Waals surface area contributed by atoms with Gasteiger partial charge >= 0.3 is 5.97 Å². The maximum atomic E-state index is 12.4. The Bertz CT molecular complexity index is 800. The summed E-state index contributed by atoms with van der Waals surface area (Å²) in [6.07, 6.45) is -0.170. The summed E-state index contributed by atoms with van der Waals surface area (Å²) in [4.78, 5) is 34.7. The van der Waals surface area contributed by atoms with Crippen LogP contribution in [0.1, 0.15) is 23.8 Å². The van der Waals surface area contributed by atoms with E-state index in [1.165, 1.54) is 6.92 Å². The lowest BCUT2D eigenvalue weighted by Gasteiger charge is -2.14. The van der Waals surface area contributed by atoms with Crippen LogP contribution in [0, 0.1) is 0 Å². The van der Waals surface area contributed by atoms with Gasteiger partial charge < -0.3 is 20.3 Å². The third-order valence-electron chi connectivity index (χ3n) is 3.62. The van der Waals surface area contributed by atoms with Crippen LogP contribution in [0.25, 0.3) is 10.9 Å². The van der Waals surface area contributed by atoms with Crippen molar-refractivity contribution in [1.29, 1.82) is 0 Å². The van der Waals surface area contributed by atoms with Gasteiger partial charge in [-0.1, -0.05) is 11.6 Å². The first kappa shape index (κ1) is 17.8. The summed E-state index contributed by atoms with van der Waals surface area (Å²) in [5.74, 6) is -1.83. The number of nitrogens with one attached hydrogen (secondary N) is 2. The highest BCUT2D eigenvalue weighted by molar-refractivity contribution is 6.31. The van der Waals surface area contributed by atoms with Crippen molar-refractivity contribution >= 4 is 40.3 Å². The number of halogens is 1. The molecule has 0 bridgehead atoms. The lowest BCUT2D eigenvalue weighted by molar-refractivity contribution is -0.137. The summed E-state index contributed by atoms with van der Waals surface area (Å²) in [6, 6.07) is 6.23. The van der Waals surface area contributed by atoms with E-state index in [-0.39, 0.29) is 13.0 Å². The van der Waals surface area contributed by atoms with Crippen LogP contribution in [0.15, 0.2) is 24.3 Å². The van der Waals surface area contributed by atoms with Gasteiger partial charge in [0.25, 0.3) is 5.91 Å². The highest BCUT2D eigenvalue weighted by atomic mass is 35.5. The van der Waals surface area contributed by atoms with Crippen molar-refractivity contribution in [2.75, 3.05) is 6.54 Å². The number of carboxylic acids is 1. The number of carbonyl (C=O) groups excluding carboxylic acids is 2. The molecule has 8 heteroatoms. The van der Waals surface area contributed by atoms with Gasteiger partial charge in [0.05, 0.1) is 6.42 Å². The molecule has 2 rings (SSSR count). The van der Waals surface area contributed by atoms with Crippen LogP contribution in [0.3, 0.4) is 0 Å². The van der Waals surface area contributed by atoms with Crippen molar-refractivity contribution in [3.63, 3.8) is 0 Å². The largest absolute Gasteiger partial charge is 0.481 e. The van der Waals surface area contributed by atoms with Crippen molar-refractivity contribution in [3.05, 3.63) is 35.0 Å². The average Bonchev–Trinajstić information content (AvgIpc) is 2.83. The number of fused-ring (bicyclic) bond motifs is 1. The van der Waals surface area contributed by atoms with E-state index in [0.29, 0.717) is 10.7 Å². The van der Waals surface area contributed by atoms with Gasteiger partial charge in [0.15, 0.2) is 0 Å². The Labute approximate surface area is 143 Å². The molecule has 2 amide bonds. The minimum Gasteiger partial charge on any atom is -0.481 e. The van der Waals surface area contributed by atoms with E-state index in [1.54, 1.807) is 29.8 Å². The van der Waals surface area contributed by atoms with Gasteiger partial charge in [0, 0.05) is 29.5 Å². The number of rotatable bonds is 6. The quantitative estimate of drug-likeness (QED) is 0.734. The molecule has 1 heterocycles. The van der Waals surface area contributed by atoms with Crippen LogP contribution in [-0.4, -0.2) is 40.0 Å². The van der Waals surface area contributed by atoms with Gasteiger partial charge in [-0.05, 0) is 31.2 Å². The summed E-state index contributed by atoms with van der Waals surface area (Å²) in [5, 5.41) is 15.0. The Kier molecular flexibility index (Phi) is 5.46. The van der Waals surface area contributed by atoms with Crippen LogP contribution >= 0.6 is 11.6 Å². The second kappa shape index (κ2) is 7.35. The molecule has 0 unspecified atom stereocenters. The van der Waals surface area contributed by atoms with E-state index in [4.69, 9.17) is 16.7 Å². The summed E-state index contributed by atoms with van der Waals surface area (Å²) < 4.78 is 1.72. The van der Waals surface area contributed by atoms with Gasteiger partial charge in [-0.2, -0.15) is 0 Å². The monoisotopic (exact) mass is 351 g/mol.